The number of H-pyrrole nitrogens is 3. The van der Waals surface area contributed by atoms with Crippen LogP contribution in [0.5, 0.6) is 0 Å². The number of nitrogens with two attached hydrogens (primary N) is 3. The quantitative estimate of drug-likeness (QED) is 0.102. The van der Waals surface area contributed by atoms with Gasteiger partial charge >= 0.3 is 17.1 Å². The highest BCUT2D eigenvalue weighted by Gasteiger charge is 2.10. The molecule has 0 unspecified atom stereocenters. The molecule has 0 saturated carbocycles. The summed E-state index contributed by atoms with van der Waals surface area (Å²) in [5.41, 5.74) is 24.6. The summed E-state index contributed by atoms with van der Waals surface area (Å²) in [5.74, 6) is 0.0954. The summed E-state index contributed by atoms with van der Waals surface area (Å²) >= 11 is 0. The van der Waals surface area contributed by atoms with Crippen LogP contribution in [0.25, 0.3) is 60.9 Å². The number of nitrogens with one attached hydrogen (secondary N) is 3. The highest BCUT2D eigenvalue weighted by Crippen LogP contribution is 2.25. The normalized spacial score (nSPS) is 10.7. The van der Waals surface area contributed by atoms with Crippen molar-refractivity contribution in [3.8, 4) is 11.4 Å². The van der Waals surface area contributed by atoms with Gasteiger partial charge in [0.2, 0.25) is 0 Å². The number of aromatic nitrogens is 6. The molecule has 0 bridgehead atoms. The zero-order valence-corrected chi connectivity index (χ0v) is 28.6. The lowest BCUT2D eigenvalue weighted by molar-refractivity contribution is 0.460. The molecular formula is C41H33N9O4. The molecule has 266 valence electrons. The minimum absolute atomic E-state index is 0.155. The number of rotatable bonds is 1. The van der Waals surface area contributed by atoms with Gasteiger partial charge in [0.05, 0.1) is 49.9 Å². The van der Waals surface area contributed by atoms with Crippen molar-refractivity contribution in [1.29, 1.82) is 0 Å². The zero-order valence-electron chi connectivity index (χ0n) is 28.6. The highest BCUT2D eigenvalue weighted by molar-refractivity contribution is 5.95. The molecule has 6 aromatic carbocycles. The number of benzene rings is 6. The van der Waals surface area contributed by atoms with Gasteiger partial charge < -0.3 is 31.6 Å². The lowest BCUT2D eigenvalue weighted by atomic mass is 10.2. The fourth-order valence-electron chi connectivity index (χ4n) is 5.72. The fourth-order valence-corrected chi connectivity index (χ4v) is 5.72. The van der Waals surface area contributed by atoms with E-state index >= 15 is 0 Å². The van der Waals surface area contributed by atoms with E-state index in [2.05, 4.69) is 29.3 Å². The van der Waals surface area contributed by atoms with Crippen LogP contribution in [0.3, 0.4) is 0 Å². The van der Waals surface area contributed by atoms with Gasteiger partial charge in [0, 0.05) is 16.6 Å². The number of nitrogens with zero attached hydrogens (tertiary/aromatic N) is 3. The van der Waals surface area contributed by atoms with Gasteiger partial charge in [-0.1, -0.05) is 72.8 Å². The first-order valence-electron chi connectivity index (χ1n) is 16.7. The standard InChI is InChI=1S/C14H9N3O.C13H11N3.C8H5NO3.C6H8N2/c18-14-16-10-6-2-1-5-9(10)13-15-11-7-3-4-8-12(11)17(13)14;14-10-6-2-1-5-9(10)13-15-11-7-3-4-8-12(11)16-13;10-7-5-3-1-2-4-6(5)9-8(11)12-7;7-5-3-1-2-4-6(5)8/h1-8H,(H,16,18);1-8H,14H2,(H,15,16);1-4H,(H,9,11);1-4H,7-8H2. The van der Waals surface area contributed by atoms with Crippen LogP contribution in [0.15, 0.2) is 164 Å². The first kappa shape index (κ1) is 34.5. The largest absolute Gasteiger partial charge is 0.419 e. The first-order chi connectivity index (χ1) is 26.3. The Balaban J connectivity index is 0.000000116. The monoisotopic (exact) mass is 715 g/mol. The molecule has 0 aliphatic heterocycles. The maximum Gasteiger partial charge on any atom is 0.419 e. The highest BCUT2D eigenvalue weighted by atomic mass is 16.4. The molecule has 0 aliphatic carbocycles. The number of aromatic amines is 3. The number of imidazole rings is 2. The molecule has 4 heterocycles. The van der Waals surface area contributed by atoms with Crippen LogP contribution < -0.4 is 34.3 Å². The molecule has 0 aliphatic rings. The fraction of sp³-hybridized carbons (Fsp3) is 0. The van der Waals surface area contributed by atoms with E-state index in [1.165, 1.54) is 0 Å². The average Bonchev–Trinajstić information content (AvgIpc) is 3.80. The van der Waals surface area contributed by atoms with E-state index < -0.39 is 11.4 Å². The number of hydrogen-bond acceptors (Lipinski definition) is 9. The van der Waals surface area contributed by atoms with Crippen LogP contribution in [-0.4, -0.2) is 29.3 Å². The molecule has 13 heteroatoms. The van der Waals surface area contributed by atoms with Gasteiger partial charge in [-0.25, -0.2) is 28.8 Å². The van der Waals surface area contributed by atoms with Gasteiger partial charge in [-0.3, -0.25) is 4.98 Å². The van der Waals surface area contributed by atoms with E-state index in [1.807, 2.05) is 109 Å². The molecule has 0 spiro atoms. The zero-order chi connectivity index (χ0) is 37.6. The number of hydrogen-bond donors (Lipinski definition) is 6. The minimum Gasteiger partial charge on any atom is -0.398 e. The summed E-state index contributed by atoms with van der Waals surface area (Å²) in [4.78, 5) is 51.4. The van der Waals surface area contributed by atoms with Crippen molar-refractivity contribution in [3.05, 3.63) is 177 Å². The Morgan fingerprint density at radius 3 is 1.70 bits per heavy atom. The van der Waals surface area contributed by atoms with Gasteiger partial charge in [0.1, 0.15) is 5.82 Å². The van der Waals surface area contributed by atoms with Crippen LogP contribution in [0.4, 0.5) is 17.1 Å². The Morgan fingerprint density at radius 2 is 1.04 bits per heavy atom. The smallest absolute Gasteiger partial charge is 0.398 e. The van der Waals surface area contributed by atoms with E-state index in [-0.39, 0.29) is 5.69 Å². The molecule has 54 heavy (non-hydrogen) atoms. The maximum absolute atomic E-state index is 12.1. The topological polar surface area (TPSA) is 220 Å². The summed E-state index contributed by atoms with van der Waals surface area (Å²) in [6.07, 6.45) is 0. The minimum atomic E-state index is -0.723. The second-order valence-electron chi connectivity index (χ2n) is 11.9. The predicted molar refractivity (Wildman–Crippen MR) is 215 cm³/mol. The molecule has 4 aromatic heterocycles. The predicted octanol–water partition coefficient (Wildman–Crippen LogP) is 6.47. The van der Waals surface area contributed by atoms with Gasteiger partial charge in [-0.05, 0) is 72.8 Å². The lowest BCUT2D eigenvalue weighted by Gasteiger charge is -2.00. The summed E-state index contributed by atoms with van der Waals surface area (Å²) < 4.78 is 5.95. The molecular weight excluding hydrogens is 683 g/mol. The number of anilines is 3. The van der Waals surface area contributed by atoms with Crippen molar-refractivity contribution in [3.63, 3.8) is 0 Å². The third kappa shape index (κ3) is 7.27. The van der Waals surface area contributed by atoms with Gasteiger partial charge in [0.15, 0.2) is 5.65 Å². The molecule has 0 atom stereocenters. The van der Waals surface area contributed by atoms with E-state index in [9.17, 15) is 14.4 Å². The molecule has 13 nitrogen and oxygen atoms in total. The van der Waals surface area contributed by atoms with Crippen LogP contribution >= 0.6 is 0 Å². The SMILES string of the molecule is Nc1ccccc1-c1nc2ccccc2[nH]1.Nc1ccccc1N.O=c1[nH]c2ccccc2c(=O)o1.O=c1[nH]c2ccccc2c2nc3ccccc3n12. The van der Waals surface area contributed by atoms with E-state index in [1.54, 1.807) is 40.8 Å². The average molecular weight is 716 g/mol. The van der Waals surface area contributed by atoms with Gasteiger partial charge in [-0.15, -0.1) is 0 Å². The third-order valence-electron chi connectivity index (χ3n) is 8.34. The first-order valence-corrected chi connectivity index (χ1v) is 16.7. The van der Waals surface area contributed by atoms with Crippen LogP contribution in [0.2, 0.25) is 0 Å². The van der Waals surface area contributed by atoms with Crippen molar-refractivity contribution < 1.29 is 4.42 Å². The van der Waals surface area contributed by atoms with E-state index in [0.717, 1.165) is 50.0 Å². The number of fused-ring (bicyclic) bond motifs is 7. The molecule has 0 radical (unpaired) electrons. The van der Waals surface area contributed by atoms with Crippen molar-refractivity contribution >= 4 is 66.6 Å². The molecule has 0 fully saturated rings. The molecule has 0 amide bonds. The van der Waals surface area contributed by atoms with E-state index in [0.29, 0.717) is 27.9 Å². The van der Waals surface area contributed by atoms with Gasteiger partial charge in [-0.2, -0.15) is 0 Å². The van der Waals surface area contributed by atoms with E-state index in [4.69, 9.17) is 17.2 Å². The second-order valence-corrected chi connectivity index (χ2v) is 11.9. The Labute approximate surface area is 305 Å². The molecule has 0 saturated heterocycles. The Kier molecular flexibility index (Phi) is 9.67. The van der Waals surface area contributed by atoms with Crippen LogP contribution in [0.1, 0.15) is 0 Å². The van der Waals surface area contributed by atoms with Gasteiger partial charge in [0.25, 0.3) is 0 Å². The lowest BCUT2D eigenvalue weighted by Crippen LogP contribution is -2.15. The number of nitrogen functional groups attached to an aromatic ring is 3. The second kappa shape index (κ2) is 15.1. The molecule has 10 aromatic rings. The maximum atomic E-state index is 12.1. The Hall–Kier alpha value is -7.93. The molecule has 9 N–H and O–H groups in total. The van der Waals surface area contributed by atoms with Crippen molar-refractivity contribution in [2.45, 2.75) is 0 Å². The summed E-state index contributed by atoms with van der Waals surface area (Å²) in [5, 5.41) is 1.34. The Bertz CT molecular complexity index is 3030. The molecule has 10 rings (SSSR count). The summed E-state index contributed by atoms with van der Waals surface area (Å²) in [6.45, 7) is 0. The van der Waals surface area contributed by atoms with Crippen molar-refractivity contribution in [1.82, 2.24) is 29.3 Å². The Morgan fingerprint density at radius 1 is 0.500 bits per heavy atom. The van der Waals surface area contributed by atoms with Crippen LogP contribution in [-0.2, 0) is 0 Å². The summed E-state index contributed by atoms with van der Waals surface area (Å²) in [7, 11) is 0. The number of para-hydroxylation sites is 9. The van der Waals surface area contributed by atoms with Crippen LogP contribution in [0, 0.1) is 0 Å². The third-order valence-corrected chi connectivity index (χ3v) is 8.34. The van der Waals surface area contributed by atoms with Crippen molar-refractivity contribution in [2.24, 2.45) is 0 Å². The van der Waals surface area contributed by atoms with Crippen molar-refractivity contribution in [2.75, 3.05) is 17.2 Å². The summed E-state index contributed by atoms with van der Waals surface area (Å²) in [6, 6.07) is 44.9.